The molecular weight excluding hydrogens is 404 g/mol. The monoisotopic (exact) mass is 432 g/mol. The highest BCUT2D eigenvalue weighted by Crippen LogP contribution is 2.50. The summed E-state index contributed by atoms with van der Waals surface area (Å²) in [7, 11) is 0. The number of aromatic hydroxyl groups is 1. The molecule has 9 heteroatoms. The van der Waals surface area contributed by atoms with Gasteiger partial charge in [0.25, 0.3) is 5.91 Å². The first kappa shape index (κ1) is 20.4. The number of carbonyl (C=O) groups excluding carboxylic acids is 2. The van der Waals surface area contributed by atoms with E-state index in [4.69, 9.17) is 9.47 Å². The Morgan fingerprint density at radius 1 is 1.16 bits per heavy atom. The predicted octanol–water partition coefficient (Wildman–Crippen LogP) is 0.753. The van der Waals surface area contributed by atoms with Gasteiger partial charge in [-0.3, -0.25) is 9.59 Å². The van der Waals surface area contributed by atoms with Crippen molar-refractivity contribution in [1.29, 1.82) is 0 Å². The number of carbonyl (C=O) groups is 2. The van der Waals surface area contributed by atoms with Gasteiger partial charge < -0.3 is 35.4 Å². The Morgan fingerprint density at radius 3 is 2.65 bits per heavy atom. The number of phenolic OH excluding ortho intramolecular Hbond substituents is 1. The Morgan fingerprint density at radius 2 is 1.90 bits per heavy atom. The fourth-order valence-corrected chi connectivity index (χ4v) is 5.70. The molecule has 0 aromatic heterocycles. The number of nitrogens with one attached hydrogen (secondary N) is 2. The zero-order valence-corrected chi connectivity index (χ0v) is 17.3. The molecule has 2 fully saturated rings. The summed E-state index contributed by atoms with van der Waals surface area (Å²) in [5.41, 5.74) is 0.528. The summed E-state index contributed by atoms with van der Waals surface area (Å²) in [6.07, 6.45) is 2.35. The van der Waals surface area contributed by atoms with E-state index < -0.39 is 42.0 Å². The molecule has 0 spiro atoms. The van der Waals surface area contributed by atoms with Gasteiger partial charge in [-0.05, 0) is 24.5 Å². The highest BCUT2D eigenvalue weighted by atomic mass is 16.7. The van der Waals surface area contributed by atoms with Crippen molar-refractivity contribution in [2.75, 3.05) is 6.79 Å². The summed E-state index contributed by atoms with van der Waals surface area (Å²) in [6, 6.07) is 0.282. The quantitative estimate of drug-likeness (QED) is 0.465. The van der Waals surface area contributed by atoms with Crippen LogP contribution in [0.5, 0.6) is 17.2 Å². The molecule has 0 radical (unpaired) electrons. The van der Waals surface area contributed by atoms with Gasteiger partial charge in [-0.25, -0.2) is 0 Å². The smallest absolute Gasteiger partial charge is 0.255 e. The molecule has 31 heavy (non-hydrogen) atoms. The maximum atomic E-state index is 13.0. The molecule has 2 aliphatic carbocycles. The van der Waals surface area contributed by atoms with Crippen LogP contribution >= 0.6 is 0 Å². The first-order chi connectivity index (χ1) is 14.9. The molecule has 4 aliphatic rings. The highest BCUT2D eigenvalue weighted by Gasteiger charge is 2.53. The predicted molar refractivity (Wildman–Crippen MR) is 108 cm³/mol. The van der Waals surface area contributed by atoms with Crippen LogP contribution in [0.2, 0.25) is 0 Å². The summed E-state index contributed by atoms with van der Waals surface area (Å²) < 4.78 is 10.7. The van der Waals surface area contributed by atoms with Crippen LogP contribution in [0.25, 0.3) is 0 Å². The summed E-state index contributed by atoms with van der Waals surface area (Å²) in [4.78, 5) is 25.9. The average molecular weight is 432 g/mol. The zero-order valence-electron chi connectivity index (χ0n) is 17.3. The second kappa shape index (κ2) is 7.56. The number of hydrogen-bond donors (Lipinski definition) is 5. The van der Waals surface area contributed by atoms with Crippen molar-refractivity contribution in [3.8, 4) is 17.2 Å². The topological polar surface area (TPSA) is 137 Å². The lowest BCUT2D eigenvalue weighted by Gasteiger charge is -2.50. The van der Waals surface area contributed by atoms with E-state index in [1.807, 2.05) is 0 Å². The second-order valence-electron chi connectivity index (χ2n) is 9.16. The van der Waals surface area contributed by atoms with Gasteiger partial charge in [0, 0.05) is 23.8 Å². The van der Waals surface area contributed by atoms with Crippen LogP contribution in [0.1, 0.15) is 60.9 Å². The van der Waals surface area contributed by atoms with Gasteiger partial charge in [-0.1, -0.05) is 26.2 Å². The maximum absolute atomic E-state index is 13.0. The third-order valence-corrected chi connectivity index (χ3v) is 7.43. The van der Waals surface area contributed by atoms with Gasteiger partial charge >= 0.3 is 0 Å². The van der Waals surface area contributed by atoms with E-state index >= 15 is 0 Å². The van der Waals surface area contributed by atoms with Crippen LogP contribution in [0, 0.1) is 11.8 Å². The number of aliphatic hydroxyl groups excluding tert-OH is 2. The number of rotatable bonds is 2. The van der Waals surface area contributed by atoms with Gasteiger partial charge in [0.15, 0.2) is 11.5 Å². The fourth-order valence-electron chi connectivity index (χ4n) is 5.70. The molecular formula is C22H28N2O7. The van der Waals surface area contributed by atoms with Crippen LogP contribution in [0.15, 0.2) is 6.07 Å². The van der Waals surface area contributed by atoms with Gasteiger partial charge in [0.05, 0.1) is 17.7 Å². The summed E-state index contributed by atoms with van der Waals surface area (Å²) in [5.74, 6) is -1.66. The molecule has 5 rings (SSSR count). The highest BCUT2D eigenvalue weighted by molar-refractivity contribution is 6.01. The molecule has 5 N–H and O–H groups in total. The lowest BCUT2D eigenvalue weighted by atomic mass is 9.65. The number of fused-ring (bicyclic) bond motifs is 4. The molecule has 0 unspecified atom stereocenters. The van der Waals surface area contributed by atoms with Crippen LogP contribution in [-0.4, -0.2) is 58.2 Å². The fraction of sp³-hybridized carbons (Fsp3) is 0.636. The van der Waals surface area contributed by atoms with E-state index in [2.05, 4.69) is 10.6 Å². The van der Waals surface area contributed by atoms with Crippen molar-refractivity contribution in [1.82, 2.24) is 10.6 Å². The van der Waals surface area contributed by atoms with E-state index in [0.717, 1.165) is 32.1 Å². The largest absolute Gasteiger partial charge is 0.504 e. The molecule has 6 atom stereocenters. The standard InChI is InChI=1S/C22H28N2O7/c1-9-15-13(11-7-12-20(31-8-30-12)18(26)14(11)22(29)23-15)16(19(27)17(9)25)24-21(28)10-5-3-2-4-6-10/h7,9-10,13,15-17,19,25-27H,2-6,8H2,1H3,(H,23,29)(H,24,28)/t9-,13+,15-,16+,17-,19-/m0/s1. The van der Waals surface area contributed by atoms with Crippen LogP contribution in [0.4, 0.5) is 0 Å². The van der Waals surface area contributed by atoms with E-state index in [-0.39, 0.29) is 35.7 Å². The normalized spacial score (nSPS) is 34.5. The number of ether oxygens (including phenoxy) is 2. The lowest BCUT2D eigenvalue weighted by molar-refractivity contribution is -0.131. The molecule has 2 aliphatic heterocycles. The molecule has 2 heterocycles. The number of benzene rings is 1. The number of hydrogen-bond acceptors (Lipinski definition) is 7. The van der Waals surface area contributed by atoms with Crippen molar-refractivity contribution in [3.63, 3.8) is 0 Å². The Balaban J connectivity index is 1.56. The van der Waals surface area contributed by atoms with Gasteiger partial charge in [0.2, 0.25) is 18.4 Å². The summed E-state index contributed by atoms with van der Waals surface area (Å²) in [6.45, 7) is 1.68. The summed E-state index contributed by atoms with van der Waals surface area (Å²) in [5, 5.41) is 38.2. The van der Waals surface area contributed by atoms with Crippen molar-refractivity contribution in [3.05, 3.63) is 17.2 Å². The Kier molecular flexibility index (Phi) is 4.97. The molecule has 1 aromatic rings. The number of aliphatic hydroxyl groups is 2. The molecule has 2 saturated carbocycles. The zero-order chi connectivity index (χ0) is 21.9. The van der Waals surface area contributed by atoms with E-state index in [1.54, 1.807) is 13.0 Å². The van der Waals surface area contributed by atoms with Gasteiger partial charge in [0.1, 0.15) is 6.10 Å². The van der Waals surface area contributed by atoms with Crippen LogP contribution < -0.4 is 20.1 Å². The van der Waals surface area contributed by atoms with Gasteiger partial charge in [-0.15, -0.1) is 0 Å². The van der Waals surface area contributed by atoms with Crippen molar-refractivity contribution >= 4 is 11.8 Å². The van der Waals surface area contributed by atoms with E-state index in [0.29, 0.717) is 11.3 Å². The van der Waals surface area contributed by atoms with Crippen molar-refractivity contribution < 1.29 is 34.4 Å². The summed E-state index contributed by atoms with van der Waals surface area (Å²) >= 11 is 0. The van der Waals surface area contributed by atoms with Crippen molar-refractivity contribution in [2.24, 2.45) is 11.8 Å². The molecule has 9 nitrogen and oxygen atoms in total. The molecule has 168 valence electrons. The third kappa shape index (κ3) is 3.13. The van der Waals surface area contributed by atoms with Crippen molar-refractivity contribution in [2.45, 2.75) is 69.2 Å². The number of amides is 2. The maximum Gasteiger partial charge on any atom is 0.255 e. The third-order valence-electron chi connectivity index (χ3n) is 7.43. The Bertz CT molecular complexity index is 914. The lowest BCUT2D eigenvalue weighted by Crippen LogP contribution is -2.67. The minimum absolute atomic E-state index is 0.0539. The first-order valence-corrected chi connectivity index (χ1v) is 11.0. The van der Waals surface area contributed by atoms with Crippen LogP contribution in [0.3, 0.4) is 0 Å². The van der Waals surface area contributed by atoms with E-state index in [1.165, 1.54) is 0 Å². The van der Waals surface area contributed by atoms with E-state index in [9.17, 15) is 24.9 Å². The molecule has 1 aromatic carbocycles. The SMILES string of the molecule is C[C@@H]1[C@H](O)[C@@H](O)[C@H](NC(=O)C2CCCCC2)[C@@H]2c3cc4c(c(O)c3C(=O)N[C@@H]12)OCO4. The van der Waals surface area contributed by atoms with Gasteiger partial charge in [-0.2, -0.15) is 0 Å². The second-order valence-corrected chi connectivity index (χ2v) is 9.16. The minimum atomic E-state index is -1.22. The molecule has 0 saturated heterocycles. The number of phenols is 1. The molecule has 2 amide bonds. The molecule has 0 bridgehead atoms. The van der Waals surface area contributed by atoms with Crippen LogP contribution in [-0.2, 0) is 4.79 Å². The minimum Gasteiger partial charge on any atom is -0.504 e. The Hall–Kier alpha value is -2.52. The Labute approximate surface area is 179 Å². The average Bonchev–Trinajstić information content (AvgIpc) is 3.25. The first-order valence-electron chi connectivity index (χ1n) is 11.0.